The Balaban J connectivity index is 2.27. The van der Waals surface area contributed by atoms with Crippen molar-refractivity contribution in [2.45, 2.75) is 13.8 Å². The van der Waals surface area contributed by atoms with Crippen LogP contribution in [-0.4, -0.2) is 30.3 Å². The van der Waals surface area contributed by atoms with E-state index < -0.39 is 0 Å². The highest BCUT2D eigenvalue weighted by molar-refractivity contribution is 6.21. The number of hydrogen-bond donors (Lipinski definition) is 1. The Kier molecular flexibility index (Phi) is 2.88. The number of fused-ring (bicyclic) bond motifs is 1. The Hall–Kier alpha value is -1.84. The van der Waals surface area contributed by atoms with Crippen molar-refractivity contribution in [3.05, 3.63) is 29.3 Å². The normalized spacial score (nSPS) is 14.5. The first-order chi connectivity index (χ1) is 8.00. The highest BCUT2D eigenvalue weighted by atomic mass is 16.2. The smallest absolute Gasteiger partial charge is 0.261 e. The molecule has 0 bridgehead atoms. The zero-order valence-corrected chi connectivity index (χ0v) is 10.3. The predicted octanol–water partition coefficient (Wildman–Crippen LogP) is 1.98. The number of rotatable bonds is 3. The number of imide groups is 1. The molecule has 0 saturated carbocycles. The molecular formula is C13H16N2O2. The summed E-state index contributed by atoms with van der Waals surface area (Å²) in [4.78, 5) is 24.6. The van der Waals surface area contributed by atoms with Crippen LogP contribution in [-0.2, 0) is 0 Å². The van der Waals surface area contributed by atoms with E-state index in [4.69, 9.17) is 0 Å². The lowest BCUT2D eigenvalue weighted by Crippen LogP contribution is -2.24. The molecule has 1 heterocycles. The van der Waals surface area contributed by atoms with Gasteiger partial charge in [-0.05, 0) is 24.1 Å². The first-order valence-electron chi connectivity index (χ1n) is 5.71. The van der Waals surface area contributed by atoms with Gasteiger partial charge in [0.05, 0.1) is 11.1 Å². The van der Waals surface area contributed by atoms with Crippen LogP contribution in [0.3, 0.4) is 0 Å². The van der Waals surface area contributed by atoms with Gasteiger partial charge in [0, 0.05) is 19.3 Å². The molecule has 90 valence electrons. The second-order valence-corrected chi connectivity index (χ2v) is 4.70. The first-order valence-corrected chi connectivity index (χ1v) is 5.71. The van der Waals surface area contributed by atoms with Crippen LogP contribution in [0.4, 0.5) is 5.69 Å². The molecule has 1 aromatic carbocycles. The highest BCUT2D eigenvalue weighted by Gasteiger charge is 2.32. The summed E-state index contributed by atoms with van der Waals surface area (Å²) in [5, 5.41) is 3.24. The van der Waals surface area contributed by atoms with E-state index in [-0.39, 0.29) is 11.8 Å². The van der Waals surface area contributed by atoms with E-state index in [1.165, 1.54) is 7.05 Å². The van der Waals surface area contributed by atoms with Gasteiger partial charge in [-0.15, -0.1) is 0 Å². The maximum absolute atomic E-state index is 11.8. The number of anilines is 1. The van der Waals surface area contributed by atoms with E-state index in [1.807, 2.05) is 6.07 Å². The van der Waals surface area contributed by atoms with Crippen LogP contribution in [0.25, 0.3) is 0 Å². The second-order valence-electron chi connectivity index (χ2n) is 4.70. The van der Waals surface area contributed by atoms with Crippen LogP contribution < -0.4 is 5.32 Å². The van der Waals surface area contributed by atoms with Gasteiger partial charge in [-0.2, -0.15) is 0 Å². The maximum atomic E-state index is 11.8. The average molecular weight is 232 g/mol. The van der Waals surface area contributed by atoms with Gasteiger partial charge < -0.3 is 5.32 Å². The van der Waals surface area contributed by atoms with Crippen molar-refractivity contribution in [2.24, 2.45) is 5.92 Å². The van der Waals surface area contributed by atoms with Crippen molar-refractivity contribution >= 4 is 17.5 Å². The Morgan fingerprint density at radius 2 is 1.82 bits per heavy atom. The number of nitrogens with one attached hydrogen (secondary N) is 1. The van der Waals surface area contributed by atoms with Crippen LogP contribution in [0.1, 0.15) is 34.6 Å². The summed E-state index contributed by atoms with van der Waals surface area (Å²) in [6.07, 6.45) is 0. The van der Waals surface area contributed by atoms with Crippen molar-refractivity contribution in [1.82, 2.24) is 4.90 Å². The summed E-state index contributed by atoms with van der Waals surface area (Å²) in [5.41, 5.74) is 1.87. The zero-order valence-electron chi connectivity index (χ0n) is 10.3. The number of carbonyl (C=O) groups is 2. The SMILES string of the molecule is CC(C)CNc1ccc2c(c1)C(=O)N(C)C2=O. The van der Waals surface area contributed by atoms with Gasteiger partial charge in [-0.1, -0.05) is 13.8 Å². The third kappa shape index (κ3) is 2.02. The fourth-order valence-corrected chi connectivity index (χ4v) is 1.79. The molecule has 0 spiro atoms. The van der Waals surface area contributed by atoms with E-state index in [2.05, 4.69) is 19.2 Å². The molecular weight excluding hydrogens is 216 g/mol. The fraction of sp³-hybridized carbons (Fsp3) is 0.385. The van der Waals surface area contributed by atoms with Gasteiger partial charge in [0.25, 0.3) is 11.8 Å². The monoisotopic (exact) mass is 232 g/mol. The van der Waals surface area contributed by atoms with Crippen LogP contribution in [0, 0.1) is 5.92 Å². The van der Waals surface area contributed by atoms with Crippen molar-refractivity contribution in [2.75, 3.05) is 18.9 Å². The molecule has 2 rings (SSSR count). The standard InChI is InChI=1S/C13H16N2O2/c1-8(2)7-14-9-4-5-10-11(6-9)13(17)15(3)12(10)16/h4-6,8,14H,7H2,1-3H3. The van der Waals surface area contributed by atoms with Gasteiger partial charge >= 0.3 is 0 Å². The summed E-state index contributed by atoms with van der Waals surface area (Å²) in [6.45, 7) is 5.07. The zero-order chi connectivity index (χ0) is 12.6. The molecule has 0 saturated heterocycles. The number of benzene rings is 1. The molecule has 4 heteroatoms. The average Bonchev–Trinajstić information content (AvgIpc) is 2.52. The maximum Gasteiger partial charge on any atom is 0.261 e. The van der Waals surface area contributed by atoms with Crippen molar-refractivity contribution in [3.63, 3.8) is 0 Å². The number of hydrogen-bond acceptors (Lipinski definition) is 3. The first kappa shape index (κ1) is 11.6. The van der Waals surface area contributed by atoms with Crippen LogP contribution in [0.5, 0.6) is 0 Å². The molecule has 1 N–H and O–H groups in total. The summed E-state index contributed by atoms with van der Waals surface area (Å²) in [5.74, 6) is 0.0851. The summed E-state index contributed by atoms with van der Waals surface area (Å²) < 4.78 is 0. The Bertz CT molecular complexity index is 480. The predicted molar refractivity (Wildman–Crippen MR) is 66.2 cm³/mol. The van der Waals surface area contributed by atoms with Gasteiger partial charge in [0.15, 0.2) is 0 Å². The van der Waals surface area contributed by atoms with Crippen molar-refractivity contribution in [1.29, 1.82) is 0 Å². The molecule has 0 aromatic heterocycles. The van der Waals surface area contributed by atoms with E-state index in [0.717, 1.165) is 17.1 Å². The van der Waals surface area contributed by atoms with Gasteiger partial charge in [0.1, 0.15) is 0 Å². The third-order valence-electron chi connectivity index (χ3n) is 2.80. The number of carbonyl (C=O) groups excluding carboxylic acids is 2. The van der Waals surface area contributed by atoms with Crippen LogP contribution >= 0.6 is 0 Å². The van der Waals surface area contributed by atoms with E-state index in [0.29, 0.717) is 17.0 Å². The van der Waals surface area contributed by atoms with Gasteiger partial charge in [-0.3, -0.25) is 14.5 Å². The third-order valence-corrected chi connectivity index (χ3v) is 2.80. The van der Waals surface area contributed by atoms with Crippen molar-refractivity contribution < 1.29 is 9.59 Å². The molecule has 1 aromatic rings. The minimum atomic E-state index is -0.224. The lowest BCUT2D eigenvalue weighted by molar-refractivity contribution is 0.0693. The van der Waals surface area contributed by atoms with E-state index >= 15 is 0 Å². The van der Waals surface area contributed by atoms with Crippen molar-refractivity contribution in [3.8, 4) is 0 Å². The minimum absolute atomic E-state index is 0.222. The minimum Gasteiger partial charge on any atom is -0.385 e. The summed E-state index contributed by atoms with van der Waals surface area (Å²) >= 11 is 0. The van der Waals surface area contributed by atoms with Gasteiger partial charge in [0.2, 0.25) is 0 Å². The summed E-state index contributed by atoms with van der Waals surface area (Å²) in [7, 11) is 1.51. The topological polar surface area (TPSA) is 49.4 Å². The Morgan fingerprint density at radius 3 is 2.47 bits per heavy atom. The molecule has 0 aliphatic carbocycles. The summed E-state index contributed by atoms with van der Waals surface area (Å²) in [6, 6.07) is 5.30. The molecule has 0 radical (unpaired) electrons. The molecule has 0 fully saturated rings. The molecule has 0 atom stereocenters. The lowest BCUT2D eigenvalue weighted by Gasteiger charge is -2.09. The quantitative estimate of drug-likeness (QED) is 0.811. The highest BCUT2D eigenvalue weighted by Crippen LogP contribution is 2.24. The van der Waals surface area contributed by atoms with E-state index in [1.54, 1.807) is 12.1 Å². The lowest BCUT2D eigenvalue weighted by atomic mass is 10.1. The molecule has 0 unspecified atom stereocenters. The Labute approximate surface area is 101 Å². The largest absolute Gasteiger partial charge is 0.385 e. The molecule has 1 aliphatic heterocycles. The molecule has 4 nitrogen and oxygen atoms in total. The molecule has 17 heavy (non-hydrogen) atoms. The number of nitrogens with zero attached hydrogens (tertiary/aromatic N) is 1. The second kappa shape index (κ2) is 4.20. The van der Waals surface area contributed by atoms with E-state index in [9.17, 15) is 9.59 Å². The molecule has 2 amide bonds. The Morgan fingerprint density at radius 1 is 1.18 bits per heavy atom. The molecule has 1 aliphatic rings. The fourth-order valence-electron chi connectivity index (χ4n) is 1.79. The number of amides is 2. The van der Waals surface area contributed by atoms with Gasteiger partial charge in [-0.25, -0.2) is 0 Å². The van der Waals surface area contributed by atoms with Crippen LogP contribution in [0.15, 0.2) is 18.2 Å². The van der Waals surface area contributed by atoms with Crippen LogP contribution in [0.2, 0.25) is 0 Å².